The summed E-state index contributed by atoms with van der Waals surface area (Å²) in [6.45, 7) is 0.851. The molecule has 9 heavy (non-hydrogen) atoms. The van der Waals surface area contributed by atoms with Gasteiger partial charge in [-0.25, -0.2) is 4.57 Å². The quantitative estimate of drug-likeness (QED) is 0.539. The van der Waals surface area contributed by atoms with Crippen molar-refractivity contribution in [3.8, 4) is 0 Å². The Balaban J connectivity index is 2.61. The van der Waals surface area contributed by atoms with Crippen LogP contribution in [0, 0.1) is 6.07 Å². The van der Waals surface area contributed by atoms with Gasteiger partial charge in [0.15, 0.2) is 18.9 Å². The van der Waals surface area contributed by atoms with E-state index < -0.39 is 0 Å². The van der Waals surface area contributed by atoms with Crippen LogP contribution >= 0.6 is 0 Å². The Morgan fingerprint density at radius 2 is 2.00 bits per heavy atom. The Morgan fingerprint density at radius 1 is 1.33 bits per heavy atom. The van der Waals surface area contributed by atoms with Gasteiger partial charge in [-0.2, -0.15) is 0 Å². The highest BCUT2D eigenvalue weighted by Gasteiger charge is 1.91. The fourth-order valence-electron chi connectivity index (χ4n) is 0.647. The predicted octanol–water partition coefficient (Wildman–Crippen LogP) is -0.233. The molecule has 2 heteroatoms. The van der Waals surface area contributed by atoms with Crippen LogP contribution in [0.5, 0.6) is 0 Å². The Labute approximate surface area is 54.4 Å². The molecule has 47 valence electrons. The molecule has 1 aromatic rings. The van der Waals surface area contributed by atoms with Gasteiger partial charge in [0, 0.05) is 12.1 Å². The second kappa shape index (κ2) is 3.20. The predicted molar refractivity (Wildman–Crippen MR) is 32.6 cm³/mol. The molecule has 2 nitrogen and oxygen atoms in total. The van der Waals surface area contributed by atoms with Crippen molar-refractivity contribution >= 4 is 0 Å². The van der Waals surface area contributed by atoms with Crippen molar-refractivity contribution in [1.82, 2.24) is 0 Å². The topological polar surface area (TPSA) is 24.1 Å². The van der Waals surface area contributed by atoms with Gasteiger partial charge in [0.05, 0.1) is 0 Å². The van der Waals surface area contributed by atoms with Gasteiger partial charge in [-0.15, -0.1) is 0 Å². The molecule has 0 fully saturated rings. The minimum Gasteiger partial charge on any atom is -0.390 e. The van der Waals surface area contributed by atoms with Crippen LogP contribution in [0.3, 0.4) is 0 Å². The van der Waals surface area contributed by atoms with E-state index in [1.807, 2.05) is 29.1 Å². The molecular weight excluding hydrogens is 114 g/mol. The number of aromatic nitrogens is 1. The molecule has 1 aromatic heterocycles. The van der Waals surface area contributed by atoms with Crippen molar-refractivity contribution in [2.45, 2.75) is 6.54 Å². The third-order valence-electron chi connectivity index (χ3n) is 1.08. The maximum absolute atomic E-state index is 8.49. The van der Waals surface area contributed by atoms with Crippen molar-refractivity contribution in [2.24, 2.45) is 0 Å². The van der Waals surface area contributed by atoms with E-state index in [1.54, 1.807) is 0 Å². The van der Waals surface area contributed by atoms with Crippen molar-refractivity contribution in [3.05, 3.63) is 30.6 Å². The molecule has 0 aliphatic carbocycles. The number of aliphatic hydroxyl groups is 1. The summed E-state index contributed by atoms with van der Waals surface area (Å²) in [5, 5.41) is 8.49. The number of hydrogen-bond acceptors (Lipinski definition) is 1. The first-order chi connectivity index (χ1) is 4.43. The molecule has 0 aliphatic heterocycles. The molecule has 0 atom stereocenters. The van der Waals surface area contributed by atoms with Gasteiger partial charge in [0.2, 0.25) is 0 Å². The lowest BCUT2D eigenvalue weighted by Crippen LogP contribution is -2.33. The second-order valence-electron chi connectivity index (χ2n) is 1.76. The molecule has 1 rings (SSSR count). The van der Waals surface area contributed by atoms with E-state index in [0.29, 0.717) is 6.54 Å². The summed E-state index contributed by atoms with van der Waals surface area (Å²) in [6, 6.07) is 6.52. The van der Waals surface area contributed by atoms with Crippen LogP contribution in [0.25, 0.3) is 0 Å². The molecule has 0 saturated carbocycles. The van der Waals surface area contributed by atoms with Gasteiger partial charge in [0.1, 0.15) is 6.61 Å². The SMILES string of the molecule is OCC[n+]1cc[c]cc1. The molecule has 0 saturated heterocycles. The lowest BCUT2D eigenvalue weighted by molar-refractivity contribution is -0.698. The molecule has 0 spiro atoms. The third-order valence-corrected chi connectivity index (χ3v) is 1.08. The number of pyridine rings is 1. The molecule has 0 bridgehead atoms. The molecule has 1 N–H and O–H groups in total. The minimum absolute atomic E-state index is 0.189. The number of nitrogens with zero attached hydrogens (tertiary/aromatic N) is 1. The number of rotatable bonds is 2. The Kier molecular flexibility index (Phi) is 2.22. The lowest BCUT2D eigenvalue weighted by Gasteiger charge is -1.88. The minimum atomic E-state index is 0.189. The van der Waals surface area contributed by atoms with Crippen LogP contribution in [0.1, 0.15) is 0 Å². The highest BCUT2D eigenvalue weighted by atomic mass is 16.3. The summed E-state index contributed by atoms with van der Waals surface area (Å²) in [6.07, 6.45) is 3.74. The molecular formula is C7H9NO+. The standard InChI is InChI=1S/C7H9NO/c9-7-6-8-4-2-1-3-5-8/h2-5,9H,6-7H2/q+1. The number of hydrogen-bond donors (Lipinski definition) is 1. The molecule has 0 aliphatic rings. The van der Waals surface area contributed by atoms with Gasteiger partial charge in [0.25, 0.3) is 0 Å². The highest BCUT2D eigenvalue weighted by molar-refractivity contribution is 4.80. The molecule has 1 radical (unpaired) electrons. The van der Waals surface area contributed by atoms with Gasteiger partial charge < -0.3 is 5.11 Å². The van der Waals surface area contributed by atoms with E-state index in [9.17, 15) is 0 Å². The van der Waals surface area contributed by atoms with Crippen molar-refractivity contribution in [3.63, 3.8) is 0 Å². The van der Waals surface area contributed by atoms with Crippen LogP contribution in [0.2, 0.25) is 0 Å². The highest BCUT2D eigenvalue weighted by Crippen LogP contribution is 1.73. The first-order valence-electron chi connectivity index (χ1n) is 2.89. The number of aliphatic hydroxyl groups excluding tert-OH is 1. The molecule has 0 amide bonds. The maximum Gasteiger partial charge on any atom is 0.171 e. The third kappa shape index (κ3) is 1.82. The van der Waals surface area contributed by atoms with Crippen LogP contribution in [0.15, 0.2) is 24.5 Å². The summed E-state index contributed by atoms with van der Waals surface area (Å²) in [7, 11) is 0. The zero-order valence-corrected chi connectivity index (χ0v) is 5.12. The summed E-state index contributed by atoms with van der Waals surface area (Å²) >= 11 is 0. The Bertz CT molecular complexity index is 162. The summed E-state index contributed by atoms with van der Waals surface area (Å²) in [5.41, 5.74) is 0. The zero-order chi connectivity index (χ0) is 6.53. The first kappa shape index (κ1) is 6.23. The zero-order valence-electron chi connectivity index (χ0n) is 5.12. The van der Waals surface area contributed by atoms with E-state index in [0.717, 1.165) is 0 Å². The van der Waals surface area contributed by atoms with E-state index in [-0.39, 0.29) is 6.61 Å². The Morgan fingerprint density at radius 3 is 2.56 bits per heavy atom. The van der Waals surface area contributed by atoms with E-state index in [1.165, 1.54) is 0 Å². The average Bonchev–Trinajstić information content (AvgIpc) is 1.91. The summed E-state index contributed by atoms with van der Waals surface area (Å²) in [5.74, 6) is 0. The maximum atomic E-state index is 8.49. The van der Waals surface area contributed by atoms with Crippen LogP contribution in [-0.4, -0.2) is 11.7 Å². The molecule has 0 unspecified atom stereocenters. The van der Waals surface area contributed by atoms with Gasteiger partial charge >= 0.3 is 0 Å². The van der Waals surface area contributed by atoms with Crippen LogP contribution < -0.4 is 4.57 Å². The molecule has 0 aromatic carbocycles. The Hall–Kier alpha value is -0.890. The van der Waals surface area contributed by atoms with Crippen molar-refractivity contribution < 1.29 is 9.67 Å². The van der Waals surface area contributed by atoms with Crippen molar-refractivity contribution in [1.29, 1.82) is 0 Å². The van der Waals surface area contributed by atoms with Crippen LogP contribution in [0.4, 0.5) is 0 Å². The van der Waals surface area contributed by atoms with Gasteiger partial charge in [-0.05, 0) is 6.07 Å². The first-order valence-corrected chi connectivity index (χ1v) is 2.89. The normalized spacial score (nSPS) is 9.44. The second-order valence-corrected chi connectivity index (χ2v) is 1.76. The fourth-order valence-corrected chi connectivity index (χ4v) is 0.647. The van der Waals surface area contributed by atoms with Gasteiger partial charge in [-0.1, -0.05) is 0 Å². The van der Waals surface area contributed by atoms with Gasteiger partial charge in [-0.3, -0.25) is 0 Å². The molecule has 1 heterocycles. The lowest BCUT2D eigenvalue weighted by atomic mass is 10.5. The van der Waals surface area contributed by atoms with E-state index in [4.69, 9.17) is 5.11 Å². The average molecular weight is 123 g/mol. The monoisotopic (exact) mass is 123 g/mol. The summed E-state index contributed by atoms with van der Waals surface area (Å²) < 4.78 is 1.90. The van der Waals surface area contributed by atoms with E-state index >= 15 is 0 Å². The fraction of sp³-hybridized carbons (Fsp3) is 0.286. The largest absolute Gasteiger partial charge is 0.390 e. The van der Waals surface area contributed by atoms with E-state index in [2.05, 4.69) is 6.07 Å². The smallest absolute Gasteiger partial charge is 0.171 e. The van der Waals surface area contributed by atoms with Crippen molar-refractivity contribution in [2.75, 3.05) is 6.61 Å². The summed E-state index contributed by atoms with van der Waals surface area (Å²) in [4.78, 5) is 0. The van der Waals surface area contributed by atoms with Crippen LogP contribution in [-0.2, 0) is 6.54 Å².